The van der Waals surface area contributed by atoms with E-state index < -0.39 is 12.0 Å². The molecule has 1 atom stereocenters. The normalized spacial score (nSPS) is 12.4. The maximum Gasteiger partial charge on any atom is 0.326 e. The predicted molar refractivity (Wildman–Crippen MR) is 80.8 cm³/mol. The molecule has 6 heteroatoms. The maximum atomic E-state index is 12.2. The van der Waals surface area contributed by atoms with E-state index in [1.807, 2.05) is 31.5 Å². The summed E-state index contributed by atoms with van der Waals surface area (Å²) in [5.41, 5.74) is 0.480. The number of nitrogens with one attached hydrogen (secondary N) is 1. The van der Waals surface area contributed by atoms with Gasteiger partial charge in [-0.2, -0.15) is 0 Å². The molecule has 112 valence electrons. The van der Waals surface area contributed by atoms with Gasteiger partial charge in [-0.15, -0.1) is 0 Å². The molecule has 1 aromatic heterocycles. The summed E-state index contributed by atoms with van der Waals surface area (Å²) in [5.74, 6) is -1.15. The van der Waals surface area contributed by atoms with Crippen molar-refractivity contribution in [1.82, 2.24) is 9.88 Å². The molecule has 1 unspecified atom stereocenters. The van der Waals surface area contributed by atoms with Crippen LogP contribution in [0.2, 0.25) is 0 Å². The Kier molecular flexibility index (Phi) is 6.26. The molecule has 0 radical (unpaired) electrons. The SMILES string of the molecule is CCCn1cc(Br)cc1C(=O)NC(CC(C)C)C(=O)O. The number of aryl methyl sites for hydroxylation is 1. The summed E-state index contributed by atoms with van der Waals surface area (Å²) in [4.78, 5) is 23.4. The molecule has 0 saturated heterocycles. The average molecular weight is 345 g/mol. The summed E-state index contributed by atoms with van der Waals surface area (Å²) in [5, 5.41) is 11.8. The van der Waals surface area contributed by atoms with Crippen LogP contribution in [-0.2, 0) is 11.3 Å². The van der Waals surface area contributed by atoms with Gasteiger partial charge in [-0.3, -0.25) is 4.79 Å². The van der Waals surface area contributed by atoms with E-state index in [9.17, 15) is 9.59 Å². The first-order chi connectivity index (χ1) is 9.35. The number of hydrogen-bond acceptors (Lipinski definition) is 2. The molecule has 0 saturated carbocycles. The van der Waals surface area contributed by atoms with Gasteiger partial charge in [0, 0.05) is 17.2 Å². The van der Waals surface area contributed by atoms with E-state index >= 15 is 0 Å². The van der Waals surface area contributed by atoms with Gasteiger partial charge in [0.25, 0.3) is 5.91 Å². The summed E-state index contributed by atoms with van der Waals surface area (Å²) in [6, 6.07) is 0.852. The van der Waals surface area contributed by atoms with Crippen LogP contribution < -0.4 is 5.32 Å². The highest BCUT2D eigenvalue weighted by Gasteiger charge is 2.23. The van der Waals surface area contributed by atoms with Gasteiger partial charge in [0.2, 0.25) is 0 Å². The van der Waals surface area contributed by atoms with Crippen LogP contribution in [0.15, 0.2) is 16.7 Å². The van der Waals surface area contributed by atoms with Crippen molar-refractivity contribution in [2.75, 3.05) is 0 Å². The summed E-state index contributed by atoms with van der Waals surface area (Å²) in [6.45, 7) is 6.60. The van der Waals surface area contributed by atoms with E-state index in [1.165, 1.54) is 0 Å². The fraction of sp³-hybridized carbons (Fsp3) is 0.571. The second-order valence-electron chi connectivity index (χ2n) is 5.23. The summed E-state index contributed by atoms with van der Waals surface area (Å²) < 4.78 is 2.64. The molecule has 2 N–H and O–H groups in total. The van der Waals surface area contributed by atoms with Crippen molar-refractivity contribution in [3.63, 3.8) is 0 Å². The van der Waals surface area contributed by atoms with Crippen LogP contribution in [0, 0.1) is 5.92 Å². The average Bonchev–Trinajstić information content (AvgIpc) is 2.69. The van der Waals surface area contributed by atoms with E-state index in [-0.39, 0.29) is 11.8 Å². The lowest BCUT2D eigenvalue weighted by molar-refractivity contribution is -0.139. The fourth-order valence-electron chi connectivity index (χ4n) is 2.02. The van der Waals surface area contributed by atoms with Crippen molar-refractivity contribution >= 4 is 27.8 Å². The zero-order valence-electron chi connectivity index (χ0n) is 12.0. The smallest absolute Gasteiger partial charge is 0.326 e. The monoisotopic (exact) mass is 344 g/mol. The van der Waals surface area contributed by atoms with E-state index in [0.717, 1.165) is 17.4 Å². The Morgan fingerprint density at radius 3 is 2.60 bits per heavy atom. The number of hydrogen-bond donors (Lipinski definition) is 2. The van der Waals surface area contributed by atoms with Crippen molar-refractivity contribution in [2.45, 2.75) is 46.2 Å². The molecule has 0 aliphatic carbocycles. The lowest BCUT2D eigenvalue weighted by Crippen LogP contribution is -2.42. The number of amides is 1. The number of rotatable bonds is 7. The topological polar surface area (TPSA) is 71.3 Å². The van der Waals surface area contributed by atoms with Crippen LogP contribution in [0.5, 0.6) is 0 Å². The predicted octanol–water partition coefficient (Wildman–Crippen LogP) is 2.89. The second kappa shape index (κ2) is 7.47. The van der Waals surface area contributed by atoms with Crippen LogP contribution in [0.25, 0.3) is 0 Å². The third-order valence-corrected chi connectivity index (χ3v) is 3.30. The number of halogens is 1. The number of carboxylic acids is 1. The van der Waals surface area contributed by atoms with Crippen LogP contribution >= 0.6 is 15.9 Å². The standard InChI is InChI=1S/C14H21BrN2O3/c1-4-5-17-8-10(15)7-12(17)13(18)16-11(14(19)20)6-9(2)3/h7-9,11H,4-6H2,1-3H3,(H,16,18)(H,19,20). The number of nitrogens with zero attached hydrogens (tertiary/aromatic N) is 1. The van der Waals surface area contributed by atoms with E-state index in [2.05, 4.69) is 21.2 Å². The number of aliphatic carboxylic acids is 1. The molecule has 0 aliphatic heterocycles. The molecule has 0 aliphatic rings. The van der Waals surface area contributed by atoms with Gasteiger partial charge >= 0.3 is 5.97 Å². The Morgan fingerprint density at radius 2 is 2.10 bits per heavy atom. The highest BCUT2D eigenvalue weighted by molar-refractivity contribution is 9.10. The van der Waals surface area contributed by atoms with Gasteiger partial charge in [-0.1, -0.05) is 20.8 Å². The fourth-order valence-corrected chi connectivity index (χ4v) is 2.48. The minimum Gasteiger partial charge on any atom is -0.480 e. The first-order valence-electron chi connectivity index (χ1n) is 6.74. The van der Waals surface area contributed by atoms with Crippen LogP contribution in [-0.4, -0.2) is 27.6 Å². The Labute approximate surface area is 127 Å². The first-order valence-corrected chi connectivity index (χ1v) is 7.53. The molecule has 0 bridgehead atoms. The molecule has 1 aromatic rings. The number of carboxylic acid groups (broad SMARTS) is 1. The van der Waals surface area contributed by atoms with Gasteiger partial charge in [-0.25, -0.2) is 4.79 Å². The zero-order chi connectivity index (χ0) is 15.3. The minimum atomic E-state index is -1.00. The maximum absolute atomic E-state index is 12.2. The minimum absolute atomic E-state index is 0.200. The molecule has 1 amide bonds. The lowest BCUT2D eigenvalue weighted by Gasteiger charge is -2.17. The summed E-state index contributed by atoms with van der Waals surface area (Å²) in [7, 11) is 0. The third-order valence-electron chi connectivity index (χ3n) is 2.87. The van der Waals surface area contributed by atoms with Crippen molar-refractivity contribution in [3.05, 3.63) is 22.4 Å². The van der Waals surface area contributed by atoms with Crippen LogP contribution in [0.4, 0.5) is 0 Å². The highest BCUT2D eigenvalue weighted by Crippen LogP contribution is 2.16. The van der Waals surface area contributed by atoms with Crippen molar-refractivity contribution in [2.24, 2.45) is 5.92 Å². The van der Waals surface area contributed by atoms with Gasteiger partial charge in [0.15, 0.2) is 0 Å². The first kappa shape index (κ1) is 16.8. The van der Waals surface area contributed by atoms with Crippen molar-refractivity contribution in [3.8, 4) is 0 Å². The molecule has 20 heavy (non-hydrogen) atoms. The Hall–Kier alpha value is -1.30. The molecule has 1 rings (SSSR count). The van der Waals surface area contributed by atoms with Gasteiger partial charge < -0.3 is 15.0 Å². The Balaban J connectivity index is 2.85. The van der Waals surface area contributed by atoms with Crippen LogP contribution in [0.1, 0.15) is 44.1 Å². The third kappa shape index (κ3) is 4.67. The molecular weight excluding hydrogens is 324 g/mol. The second-order valence-corrected chi connectivity index (χ2v) is 6.15. The van der Waals surface area contributed by atoms with Crippen LogP contribution in [0.3, 0.4) is 0 Å². The molecule has 0 spiro atoms. The molecular formula is C14H21BrN2O3. The van der Waals surface area contributed by atoms with E-state index in [0.29, 0.717) is 12.1 Å². The lowest BCUT2D eigenvalue weighted by atomic mass is 10.0. The summed E-state index contributed by atoms with van der Waals surface area (Å²) >= 11 is 3.34. The molecule has 1 heterocycles. The summed E-state index contributed by atoms with van der Waals surface area (Å²) in [6.07, 6.45) is 3.14. The van der Waals surface area contributed by atoms with Gasteiger partial charge in [-0.05, 0) is 40.8 Å². The number of carbonyl (C=O) groups excluding carboxylic acids is 1. The van der Waals surface area contributed by atoms with E-state index in [4.69, 9.17) is 5.11 Å². The zero-order valence-corrected chi connectivity index (χ0v) is 13.6. The quantitative estimate of drug-likeness (QED) is 0.798. The van der Waals surface area contributed by atoms with Crippen molar-refractivity contribution < 1.29 is 14.7 Å². The number of aromatic nitrogens is 1. The largest absolute Gasteiger partial charge is 0.480 e. The van der Waals surface area contributed by atoms with Gasteiger partial charge in [0.05, 0.1) is 0 Å². The Morgan fingerprint density at radius 1 is 1.45 bits per heavy atom. The molecule has 5 nitrogen and oxygen atoms in total. The van der Waals surface area contributed by atoms with Crippen molar-refractivity contribution in [1.29, 1.82) is 0 Å². The molecule has 0 aromatic carbocycles. The molecule has 0 fully saturated rings. The van der Waals surface area contributed by atoms with E-state index in [1.54, 1.807) is 6.07 Å². The Bertz CT molecular complexity index is 483. The highest BCUT2D eigenvalue weighted by atomic mass is 79.9. The number of carbonyl (C=O) groups is 2. The van der Waals surface area contributed by atoms with Gasteiger partial charge in [0.1, 0.15) is 11.7 Å².